The normalized spacial score (nSPS) is 15.9. The Morgan fingerprint density at radius 1 is 0.800 bits per heavy atom. The topological polar surface area (TPSA) is 90.7 Å². The average Bonchev–Trinajstić information content (AvgIpc) is 2.89. The summed E-state index contributed by atoms with van der Waals surface area (Å²) in [6.07, 6.45) is 4.25. The zero-order valence-corrected chi connectivity index (χ0v) is 22.3. The van der Waals surface area contributed by atoms with Crippen molar-refractivity contribution in [2.45, 2.75) is 51.0 Å². The molecule has 192 valence electrons. The van der Waals surface area contributed by atoms with E-state index in [-0.39, 0.29) is 12.7 Å². The summed E-state index contributed by atoms with van der Waals surface area (Å²) in [4.78, 5) is 21.7. The van der Waals surface area contributed by atoms with Gasteiger partial charge in [0.2, 0.25) is 0 Å². The van der Waals surface area contributed by atoms with Crippen LogP contribution in [0.25, 0.3) is 0 Å². The molecule has 0 spiro atoms. The van der Waals surface area contributed by atoms with Crippen molar-refractivity contribution in [3.63, 3.8) is 0 Å². The van der Waals surface area contributed by atoms with Crippen molar-refractivity contribution in [3.8, 4) is 0 Å². The van der Waals surface area contributed by atoms with Crippen LogP contribution in [0.2, 0.25) is 0 Å². The SMILES string of the molecule is NC1CCSCC1.O=C(Cl)OCc1ccccc1.O=C(NC1CCSCC1)OCc1ccccc1. The molecular formula is C26H35ClN2O4S2. The first-order valence-electron chi connectivity index (χ1n) is 11.8. The van der Waals surface area contributed by atoms with Crippen LogP contribution in [0.3, 0.4) is 0 Å². The van der Waals surface area contributed by atoms with Crippen molar-refractivity contribution >= 4 is 46.6 Å². The molecule has 0 radical (unpaired) electrons. The van der Waals surface area contributed by atoms with Gasteiger partial charge in [-0.1, -0.05) is 60.7 Å². The first kappa shape index (κ1) is 29.4. The Hall–Kier alpha value is -1.87. The molecule has 0 aliphatic carbocycles. The van der Waals surface area contributed by atoms with E-state index in [1.165, 1.54) is 24.3 Å². The lowest BCUT2D eigenvalue weighted by molar-refractivity contribution is 0.135. The second kappa shape index (κ2) is 18.4. The summed E-state index contributed by atoms with van der Waals surface area (Å²) in [6.45, 7) is 0.581. The molecular weight excluding hydrogens is 504 g/mol. The molecule has 2 aromatic carbocycles. The van der Waals surface area contributed by atoms with Crippen molar-refractivity contribution in [3.05, 3.63) is 71.8 Å². The summed E-state index contributed by atoms with van der Waals surface area (Å²) in [5.41, 5.74) is 6.80. The highest BCUT2D eigenvalue weighted by Gasteiger charge is 2.16. The monoisotopic (exact) mass is 538 g/mol. The Kier molecular flexibility index (Phi) is 15.4. The molecule has 2 fully saturated rings. The molecule has 0 saturated carbocycles. The minimum absolute atomic E-state index is 0.239. The maximum atomic E-state index is 11.5. The Balaban J connectivity index is 0.000000205. The molecule has 4 rings (SSSR count). The maximum Gasteiger partial charge on any atom is 0.407 e. The van der Waals surface area contributed by atoms with E-state index in [4.69, 9.17) is 22.1 Å². The van der Waals surface area contributed by atoms with Gasteiger partial charge in [0.25, 0.3) is 0 Å². The van der Waals surface area contributed by atoms with Crippen LogP contribution in [0.1, 0.15) is 36.8 Å². The second-order valence-electron chi connectivity index (χ2n) is 8.05. The average molecular weight is 539 g/mol. The van der Waals surface area contributed by atoms with Crippen molar-refractivity contribution in [1.82, 2.24) is 5.32 Å². The highest BCUT2D eigenvalue weighted by Crippen LogP contribution is 2.17. The van der Waals surface area contributed by atoms with Gasteiger partial charge < -0.3 is 20.5 Å². The standard InChI is InChI=1S/C13H17NO2S.C8H7ClO2.C5H11NS/c15-13(14-12-6-8-17-9-7-12)16-10-11-4-2-1-3-5-11;9-8(10)11-6-7-4-2-1-3-5-7;6-5-1-3-7-4-2-5/h1-5,12H,6-10H2,(H,14,15);1-5H,6H2;5H,1-4,6H2. The third-order valence-electron chi connectivity index (χ3n) is 5.22. The second-order valence-corrected chi connectivity index (χ2v) is 10.8. The highest BCUT2D eigenvalue weighted by molar-refractivity contribution is 7.99. The number of nitrogens with two attached hydrogens (primary N) is 1. The molecule has 2 aliphatic rings. The van der Waals surface area contributed by atoms with Crippen LogP contribution >= 0.6 is 35.1 Å². The van der Waals surface area contributed by atoms with Crippen molar-refractivity contribution < 1.29 is 19.1 Å². The number of amides is 1. The molecule has 0 bridgehead atoms. The summed E-state index contributed by atoms with van der Waals surface area (Å²) >= 11 is 8.93. The number of halogens is 1. The number of benzene rings is 2. The van der Waals surface area contributed by atoms with Crippen LogP contribution in [-0.2, 0) is 22.7 Å². The third-order valence-corrected chi connectivity index (χ3v) is 7.42. The number of rotatable bonds is 5. The summed E-state index contributed by atoms with van der Waals surface area (Å²) in [6, 6.07) is 19.9. The van der Waals surface area contributed by atoms with Gasteiger partial charge in [-0.15, -0.1) is 0 Å². The number of alkyl carbamates (subject to hydrolysis) is 1. The maximum absolute atomic E-state index is 11.5. The van der Waals surface area contributed by atoms with E-state index in [2.05, 4.69) is 10.1 Å². The number of carbonyl (C=O) groups excluding carboxylic acids is 2. The molecule has 35 heavy (non-hydrogen) atoms. The fraction of sp³-hybridized carbons (Fsp3) is 0.462. The smallest absolute Gasteiger partial charge is 0.407 e. The van der Waals surface area contributed by atoms with Crippen LogP contribution in [0.15, 0.2) is 60.7 Å². The molecule has 9 heteroatoms. The van der Waals surface area contributed by atoms with E-state index in [0.29, 0.717) is 18.7 Å². The predicted octanol–water partition coefficient (Wildman–Crippen LogP) is 6.21. The number of carbonyl (C=O) groups is 2. The highest BCUT2D eigenvalue weighted by atomic mass is 35.5. The van der Waals surface area contributed by atoms with Crippen molar-refractivity contribution in [2.24, 2.45) is 5.73 Å². The van der Waals surface area contributed by atoms with E-state index in [1.807, 2.05) is 84.2 Å². The van der Waals surface area contributed by atoms with E-state index in [1.54, 1.807) is 0 Å². The van der Waals surface area contributed by atoms with Gasteiger partial charge in [0, 0.05) is 23.7 Å². The van der Waals surface area contributed by atoms with Gasteiger partial charge in [-0.3, -0.25) is 0 Å². The molecule has 2 aromatic rings. The van der Waals surface area contributed by atoms with Crippen LogP contribution in [-0.4, -0.2) is 46.6 Å². The number of hydrogen-bond donors (Lipinski definition) is 2. The summed E-state index contributed by atoms with van der Waals surface area (Å²) in [5, 5.41) is 2.91. The minimum Gasteiger partial charge on any atom is -0.449 e. The molecule has 0 atom stereocenters. The molecule has 1 amide bonds. The van der Waals surface area contributed by atoms with E-state index < -0.39 is 5.43 Å². The fourth-order valence-corrected chi connectivity index (χ4v) is 5.51. The number of nitrogens with one attached hydrogen (secondary N) is 1. The third kappa shape index (κ3) is 15.0. The molecule has 0 unspecified atom stereocenters. The van der Waals surface area contributed by atoms with Crippen LogP contribution < -0.4 is 11.1 Å². The first-order valence-corrected chi connectivity index (χ1v) is 14.5. The van der Waals surface area contributed by atoms with Crippen molar-refractivity contribution in [1.29, 1.82) is 0 Å². The predicted molar refractivity (Wildman–Crippen MR) is 147 cm³/mol. The molecule has 0 aromatic heterocycles. The van der Waals surface area contributed by atoms with Crippen LogP contribution in [0.5, 0.6) is 0 Å². The number of ether oxygens (including phenoxy) is 2. The molecule has 3 N–H and O–H groups in total. The van der Waals surface area contributed by atoms with Gasteiger partial charge >= 0.3 is 11.5 Å². The number of hydrogen-bond acceptors (Lipinski definition) is 7. The molecule has 6 nitrogen and oxygen atoms in total. The van der Waals surface area contributed by atoms with Gasteiger partial charge in [-0.25, -0.2) is 9.59 Å². The van der Waals surface area contributed by atoms with Crippen LogP contribution in [0.4, 0.5) is 9.59 Å². The summed E-state index contributed by atoms with van der Waals surface area (Å²) in [7, 11) is 0. The Bertz CT molecular complexity index is 834. The van der Waals surface area contributed by atoms with Crippen LogP contribution in [0, 0.1) is 0 Å². The van der Waals surface area contributed by atoms with Crippen molar-refractivity contribution in [2.75, 3.05) is 23.0 Å². The largest absolute Gasteiger partial charge is 0.449 e. The lowest BCUT2D eigenvalue weighted by atomic mass is 10.2. The van der Waals surface area contributed by atoms with Gasteiger partial charge in [0.15, 0.2) is 0 Å². The summed E-state index contributed by atoms with van der Waals surface area (Å²) < 4.78 is 9.73. The minimum atomic E-state index is -0.770. The lowest BCUT2D eigenvalue weighted by Gasteiger charge is -2.22. The molecule has 2 aliphatic heterocycles. The Morgan fingerprint density at radius 2 is 1.26 bits per heavy atom. The van der Waals surface area contributed by atoms with Gasteiger partial charge in [-0.05, 0) is 59.8 Å². The van der Waals surface area contributed by atoms with Gasteiger partial charge in [0.05, 0.1) is 0 Å². The Labute approximate surface area is 222 Å². The fourth-order valence-electron chi connectivity index (χ4n) is 3.20. The van der Waals surface area contributed by atoms with E-state index in [9.17, 15) is 9.59 Å². The quantitative estimate of drug-likeness (QED) is 0.437. The summed E-state index contributed by atoms with van der Waals surface area (Å²) in [5.74, 6) is 4.82. The number of thioether (sulfide) groups is 2. The zero-order chi connectivity index (χ0) is 25.1. The Morgan fingerprint density at radius 3 is 1.69 bits per heavy atom. The zero-order valence-electron chi connectivity index (χ0n) is 19.9. The van der Waals surface area contributed by atoms with Gasteiger partial charge in [-0.2, -0.15) is 23.5 Å². The first-order chi connectivity index (χ1) is 17.0. The van der Waals surface area contributed by atoms with E-state index >= 15 is 0 Å². The van der Waals surface area contributed by atoms with E-state index in [0.717, 1.165) is 35.5 Å². The molecule has 2 saturated heterocycles. The lowest BCUT2D eigenvalue weighted by Crippen LogP contribution is -2.37. The van der Waals surface area contributed by atoms with Gasteiger partial charge in [0.1, 0.15) is 13.2 Å². The molecule has 2 heterocycles.